The van der Waals surface area contributed by atoms with E-state index in [1.165, 1.54) is 0 Å². The van der Waals surface area contributed by atoms with Gasteiger partial charge in [0.15, 0.2) is 0 Å². The summed E-state index contributed by atoms with van der Waals surface area (Å²) in [5.41, 5.74) is 0. The van der Waals surface area contributed by atoms with Crippen molar-refractivity contribution in [3.8, 4) is 0 Å². The zero-order valence-corrected chi connectivity index (χ0v) is 12.3. The molecular weight excluding hydrogens is 375 g/mol. The van der Waals surface area contributed by atoms with E-state index in [1.807, 2.05) is 0 Å². The minimum atomic E-state index is -2.22. The Morgan fingerprint density at radius 1 is 0.778 bits per heavy atom. The third-order valence-electron chi connectivity index (χ3n) is 0. The Morgan fingerprint density at radius 2 is 0.778 bits per heavy atom. The van der Waals surface area contributed by atoms with Crippen LogP contribution in [0.3, 0.4) is 0 Å². The Labute approximate surface area is 91.9 Å². The summed E-state index contributed by atoms with van der Waals surface area (Å²) in [4.78, 5) is 0. The Kier molecular flexibility index (Phi) is 12.1. The van der Waals surface area contributed by atoms with Crippen LogP contribution in [0.5, 0.6) is 0 Å². The van der Waals surface area contributed by atoms with Gasteiger partial charge >= 0.3 is 43.6 Å². The van der Waals surface area contributed by atoms with Crippen molar-refractivity contribution in [2.75, 3.05) is 0 Å². The Bertz CT molecular complexity index is 45.7. The summed E-state index contributed by atoms with van der Waals surface area (Å²) in [5, 5.41) is 0. The van der Waals surface area contributed by atoms with E-state index >= 15 is 0 Å². The first kappa shape index (κ1) is 14.4. The molecule has 9 heavy (non-hydrogen) atoms. The monoisotopic (exact) mass is 372 g/mol. The molecule has 0 saturated carbocycles. The molecular formula is CCl7In. The molecule has 0 atom stereocenters. The van der Waals surface area contributed by atoms with Gasteiger partial charge in [0.2, 0.25) is 0 Å². The SMILES string of the molecule is ClC(Cl)(Cl)Cl.[Cl][In]([Cl])[Cl]. The standard InChI is InChI=1S/CCl4.3ClH.In/c2-1(3,4)5;;;;/h;3*1H;/q;;;;+3/p-3. The van der Waals surface area contributed by atoms with Crippen LogP contribution in [0.25, 0.3) is 0 Å². The second-order valence-corrected chi connectivity index (χ2v) is 18.8. The van der Waals surface area contributed by atoms with Gasteiger partial charge in [0.25, 0.3) is 3.25 Å². The van der Waals surface area contributed by atoms with E-state index in [4.69, 9.17) is 72.1 Å². The molecule has 0 unspecified atom stereocenters. The van der Waals surface area contributed by atoms with E-state index in [9.17, 15) is 0 Å². The van der Waals surface area contributed by atoms with Gasteiger partial charge in [0.05, 0.1) is 0 Å². The number of hydrogen-bond acceptors (Lipinski definition) is 0. The van der Waals surface area contributed by atoms with Crippen molar-refractivity contribution in [3.05, 3.63) is 0 Å². The van der Waals surface area contributed by atoms with Crippen LogP contribution in [0.15, 0.2) is 0 Å². The van der Waals surface area contributed by atoms with E-state index < -0.39 is 21.1 Å². The number of alkyl halides is 4. The van der Waals surface area contributed by atoms with Crippen LogP contribution in [-0.4, -0.2) is 21.1 Å². The summed E-state index contributed by atoms with van der Waals surface area (Å²) in [6.45, 7) is 0. The first-order chi connectivity index (χ1) is 3.73. The molecule has 8 heteroatoms. The van der Waals surface area contributed by atoms with Gasteiger partial charge in [-0.3, -0.25) is 0 Å². The second-order valence-electron chi connectivity index (χ2n) is 0.676. The molecule has 0 aliphatic carbocycles. The normalized spacial score (nSPS) is 9.67. The van der Waals surface area contributed by atoms with Gasteiger partial charge in [-0.25, -0.2) is 0 Å². The molecule has 0 aromatic heterocycles. The van der Waals surface area contributed by atoms with Crippen LogP contribution in [0.1, 0.15) is 0 Å². The maximum absolute atomic E-state index is 5.02. The van der Waals surface area contributed by atoms with E-state index in [2.05, 4.69) is 0 Å². The predicted molar refractivity (Wildman–Crippen MR) is 49.5 cm³/mol. The Hall–Kier alpha value is 2.90. The van der Waals surface area contributed by atoms with Crippen molar-refractivity contribution < 1.29 is 0 Å². The predicted octanol–water partition coefficient (Wildman–Crippen LogP) is 4.24. The molecule has 56 valence electrons. The van der Waals surface area contributed by atoms with Crippen LogP contribution in [0.4, 0.5) is 0 Å². The van der Waals surface area contributed by atoms with Crippen LogP contribution in [0, 0.1) is 0 Å². The average Bonchev–Trinajstić information content (AvgIpc) is 1.19. The number of hydrogen-bond donors (Lipinski definition) is 0. The Morgan fingerprint density at radius 3 is 0.778 bits per heavy atom. The van der Waals surface area contributed by atoms with E-state index in [0.29, 0.717) is 0 Å². The molecule has 0 spiro atoms. The molecule has 0 rings (SSSR count). The summed E-state index contributed by atoms with van der Waals surface area (Å²) in [7, 11) is 15.0. The molecule has 0 radical (unpaired) electrons. The molecule has 0 aromatic rings. The zero-order valence-electron chi connectivity index (χ0n) is 3.72. The van der Waals surface area contributed by atoms with Gasteiger partial charge in [-0.15, -0.1) is 0 Å². The Balaban J connectivity index is 0. The fourth-order valence-corrected chi connectivity index (χ4v) is 0. The summed E-state index contributed by atoms with van der Waals surface area (Å²) in [6, 6.07) is 0. The van der Waals surface area contributed by atoms with E-state index in [0.717, 1.165) is 0 Å². The molecule has 0 N–H and O–H groups in total. The molecule has 0 saturated heterocycles. The number of rotatable bonds is 0. The summed E-state index contributed by atoms with van der Waals surface area (Å²) in [5.74, 6) is 0. The first-order valence-electron chi connectivity index (χ1n) is 1.41. The van der Waals surface area contributed by atoms with Crippen LogP contribution < -0.4 is 0 Å². The first-order valence-corrected chi connectivity index (χ1v) is 15.4. The van der Waals surface area contributed by atoms with Gasteiger partial charge in [0, 0.05) is 0 Å². The molecule has 0 fully saturated rings. The molecule has 0 nitrogen and oxygen atoms in total. The van der Waals surface area contributed by atoms with Crippen LogP contribution >= 0.6 is 72.1 Å². The molecule has 0 heterocycles. The van der Waals surface area contributed by atoms with Crippen molar-refractivity contribution in [1.29, 1.82) is 0 Å². The quantitative estimate of drug-likeness (QED) is 0.556. The van der Waals surface area contributed by atoms with Gasteiger partial charge in [0.1, 0.15) is 0 Å². The molecule has 0 amide bonds. The molecule has 0 bridgehead atoms. The van der Waals surface area contributed by atoms with Crippen LogP contribution in [-0.2, 0) is 0 Å². The van der Waals surface area contributed by atoms with Crippen molar-refractivity contribution in [1.82, 2.24) is 0 Å². The van der Waals surface area contributed by atoms with Gasteiger partial charge in [-0.05, 0) is 0 Å². The minimum absolute atomic E-state index is 1.61. The van der Waals surface area contributed by atoms with Crippen molar-refractivity contribution in [3.63, 3.8) is 0 Å². The summed E-state index contributed by atoms with van der Waals surface area (Å²) >= 11 is 17.1. The van der Waals surface area contributed by atoms with Gasteiger partial charge in [-0.2, -0.15) is 0 Å². The number of halogens is 7. The third-order valence-corrected chi connectivity index (χ3v) is 0. The van der Waals surface area contributed by atoms with E-state index in [1.54, 1.807) is 0 Å². The van der Waals surface area contributed by atoms with Crippen LogP contribution in [0.2, 0.25) is 0 Å². The van der Waals surface area contributed by atoms with Crippen molar-refractivity contribution in [2.24, 2.45) is 0 Å². The van der Waals surface area contributed by atoms with Crippen molar-refractivity contribution in [2.45, 2.75) is 3.25 Å². The van der Waals surface area contributed by atoms with Gasteiger partial charge < -0.3 is 0 Å². The van der Waals surface area contributed by atoms with Gasteiger partial charge in [-0.1, -0.05) is 46.4 Å². The average molecular weight is 375 g/mol. The molecule has 0 aromatic carbocycles. The summed E-state index contributed by atoms with van der Waals surface area (Å²) in [6.07, 6.45) is 0. The van der Waals surface area contributed by atoms with Crippen molar-refractivity contribution >= 4 is 90.0 Å². The fraction of sp³-hybridized carbons (Fsp3) is 1.00. The third kappa shape index (κ3) is 103. The molecule has 0 aliphatic heterocycles. The maximum atomic E-state index is 5.02. The second kappa shape index (κ2) is 7.54. The fourth-order valence-electron chi connectivity index (χ4n) is 0. The van der Waals surface area contributed by atoms with E-state index in [-0.39, 0.29) is 0 Å². The topological polar surface area (TPSA) is 0 Å². The zero-order chi connectivity index (χ0) is 8.08. The molecule has 0 aliphatic rings. The summed E-state index contributed by atoms with van der Waals surface area (Å²) < 4.78 is -1.61.